The Kier molecular flexibility index (Phi) is 5.01. The first-order valence-electron chi connectivity index (χ1n) is 5.12. The maximum atomic E-state index is 13.0. The fourth-order valence-electron chi connectivity index (χ4n) is 1.52. The molecule has 1 aromatic heterocycles. The third-order valence-corrected chi connectivity index (χ3v) is 2.81. The monoisotopic (exact) mass is 329 g/mol. The molecule has 3 N–H and O–H groups in total. The number of H-pyrrole nitrogens is 1. The summed E-state index contributed by atoms with van der Waals surface area (Å²) in [4.78, 5) is 0. The average molecular weight is 330 g/mol. The van der Waals surface area contributed by atoms with Crippen molar-refractivity contribution in [2.75, 3.05) is 0 Å². The van der Waals surface area contributed by atoms with Gasteiger partial charge in [0.15, 0.2) is 0 Å². The Morgan fingerprint density at radius 2 is 1.90 bits per heavy atom. The summed E-state index contributed by atoms with van der Waals surface area (Å²) in [5.41, 5.74) is 5.13. The zero-order chi connectivity index (χ0) is 14.2. The van der Waals surface area contributed by atoms with Crippen LogP contribution >= 0.6 is 24.0 Å². The van der Waals surface area contributed by atoms with E-state index in [0.717, 1.165) is 12.1 Å². The molecule has 0 radical (unpaired) electrons. The van der Waals surface area contributed by atoms with Gasteiger partial charge in [-0.15, -0.1) is 12.4 Å². The summed E-state index contributed by atoms with van der Waals surface area (Å²) in [6.45, 7) is 0. The van der Waals surface area contributed by atoms with Gasteiger partial charge in [-0.3, -0.25) is 5.10 Å². The molecule has 1 heterocycles. The Hall–Kier alpha value is -1.31. The highest BCUT2D eigenvalue weighted by atomic mass is 35.5. The molecule has 1 atom stereocenters. The van der Waals surface area contributed by atoms with Crippen LogP contribution in [0.5, 0.6) is 0 Å². The molecule has 20 heavy (non-hydrogen) atoms. The van der Waals surface area contributed by atoms with Crippen molar-refractivity contribution in [1.29, 1.82) is 0 Å². The van der Waals surface area contributed by atoms with Crippen molar-refractivity contribution in [1.82, 2.24) is 10.2 Å². The Labute approximate surface area is 122 Å². The number of rotatable bonds is 2. The molecule has 1 unspecified atom stereocenters. The number of aromatic amines is 1. The van der Waals surface area contributed by atoms with Crippen LogP contribution in [0.15, 0.2) is 24.3 Å². The highest BCUT2D eigenvalue weighted by molar-refractivity contribution is 6.30. The molecular weight excluding hydrogens is 321 g/mol. The summed E-state index contributed by atoms with van der Waals surface area (Å²) in [7, 11) is 0. The molecule has 0 saturated carbocycles. The smallest absolute Gasteiger partial charge is 0.319 e. The predicted octanol–water partition coefficient (Wildman–Crippen LogP) is 3.69. The van der Waals surface area contributed by atoms with Crippen molar-refractivity contribution in [3.05, 3.63) is 52.1 Å². The molecule has 0 aliphatic carbocycles. The van der Waals surface area contributed by atoms with Crippen LogP contribution in [-0.4, -0.2) is 10.2 Å². The van der Waals surface area contributed by atoms with E-state index in [0.29, 0.717) is 5.56 Å². The molecule has 0 bridgehead atoms. The lowest BCUT2D eigenvalue weighted by atomic mass is 10.0. The van der Waals surface area contributed by atoms with Gasteiger partial charge in [0.2, 0.25) is 0 Å². The maximum absolute atomic E-state index is 13.0. The van der Waals surface area contributed by atoms with E-state index in [9.17, 15) is 17.6 Å². The lowest BCUT2D eigenvalue weighted by molar-refractivity contribution is -0.141. The molecular formula is C11H9Cl2F4N3. The van der Waals surface area contributed by atoms with Crippen molar-refractivity contribution in [3.63, 3.8) is 0 Å². The molecule has 3 nitrogen and oxygen atoms in total. The Morgan fingerprint density at radius 1 is 1.25 bits per heavy atom. The van der Waals surface area contributed by atoms with Crippen LogP contribution in [0, 0.1) is 5.82 Å². The van der Waals surface area contributed by atoms with Crippen LogP contribution < -0.4 is 5.73 Å². The third kappa shape index (κ3) is 3.41. The van der Waals surface area contributed by atoms with Crippen molar-refractivity contribution in [3.8, 4) is 0 Å². The number of nitrogens with two attached hydrogens (primary N) is 1. The summed E-state index contributed by atoms with van der Waals surface area (Å²) in [5, 5.41) is 5.21. The molecule has 0 aliphatic heterocycles. The van der Waals surface area contributed by atoms with Crippen LogP contribution in [0.1, 0.15) is 23.0 Å². The fourth-order valence-corrected chi connectivity index (χ4v) is 1.71. The van der Waals surface area contributed by atoms with Crippen molar-refractivity contribution in [2.45, 2.75) is 12.2 Å². The summed E-state index contributed by atoms with van der Waals surface area (Å²) in [5.74, 6) is -0.629. The van der Waals surface area contributed by atoms with Crippen LogP contribution in [-0.2, 0) is 6.18 Å². The van der Waals surface area contributed by atoms with Gasteiger partial charge in [0, 0.05) is 0 Å². The van der Waals surface area contributed by atoms with E-state index in [1.165, 1.54) is 12.1 Å². The van der Waals surface area contributed by atoms with E-state index >= 15 is 0 Å². The quantitative estimate of drug-likeness (QED) is 0.825. The molecule has 2 rings (SSSR count). The Balaban J connectivity index is 0.00000200. The summed E-state index contributed by atoms with van der Waals surface area (Å²) in [6, 6.07) is 3.57. The SMILES string of the molecule is Cl.NC(c1ccc(F)c(Cl)c1)c1cc(C(F)(F)F)[nH]n1. The van der Waals surface area contributed by atoms with Crippen molar-refractivity contribution >= 4 is 24.0 Å². The number of hydrogen-bond acceptors (Lipinski definition) is 2. The molecule has 2 aromatic rings. The Morgan fingerprint density at radius 3 is 2.40 bits per heavy atom. The van der Waals surface area contributed by atoms with Crippen LogP contribution in [0.2, 0.25) is 5.02 Å². The molecule has 0 spiro atoms. The number of nitrogens with zero attached hydrogens (tertiary/aromatic N) is 1. The number of alkyl halides is 3. The minimum atomic E-state index is -4.52. The number of aromatic nitrogens is 2. The van der Waals surface area contributed by atoms with Crippen LogP contribution in [0.4, 0.5) is 17.6 Å². The topological polar surface area (TPSA) is 54.7 Å². The first-order chi connectivity index (χ1) is 8.79. The van der Waals surface area contributed by atoms with Gasteiger partial charge in [0.1, 0.15) is 11.5 Å². The fraction of sp³-hybridized carbons (Fsp3) is 0.182. The second-order valence-electron chi connectivity index (χ2n) is 3.86. The van der Waals surface area contributed by atoms with Gasteiger partial charge in [0.05, 0.1) is 16.8 Å². The van der Waals surface area contributed by atoms with Gasteiger partial charge in [0.25, 0.3) is 0 Å². The summed E-state index contributed by atoms with van der Waals surface area (Å²) < 4.78 is 50.2. The summed E-state index contributed by atoms with van der Waals surface area (Å²) >= 11 is 5.58. The van der Waals surface area contributed by atoms with E-state index in [2.05, 4.69) is 5.10 Å². The molecule has 0 fully saturated rings. The van der Waals surface area contributed by atoms with Crippen molar-refractivity contribution < 1.29 is 17.6 Å². The van der Waals surface area contributed by atoms with Gasteiger partial charge in [-0.05, 0) is 23.8 Å². The van der Waals surface area contributed by atoms with E-state index < -0.39 is 23.7 Å². The first-order valence-corrected chi connectivity index (χ1v) is 5.50. The van der Waals surface area contributed by atoms with Gasteiger partial charge >= 0.3 is 6.18 Å². The number of hydrogen-bond donors (Lipinski definition) is 2. The normalized spacial score (nSPS) is 12.9. The second kappa shape index (κ2) is 5.99. The highest BCUT2D eigenvalue weighted by Gasteiger charge is 2.33. The standard InChI is InChI=1S/C11H8ClF4N3.ClH/c12-6-3-5(1-2-7(6)13)10(17)8-4-9(19-18-8)11(14,15)16;/h1-4,10H,17H2,(H,18,19);1H. The van der Waals surface area contributed by atoms with Gasteiger partial charge < -0.3 is 5.73 Å². The molecule has 0 amide bonds. The lowest BCUT2D eigenvalue weighted by Crippen LogP contribution is -2.12. The van der Waals surface area contributed by atoms with Crippen LogP contribution in [0.25, 0.3) is 0 Å². The largest absolute Gasteiger partial charge is 0.432 e. The van der Waals surface area contributed by atoms with Gasteiger partial charge in [-0.1, -0.05) is 17.7 Å². The number of benzene rings is 1. The molecule has 9 heteroatoms. The minimum absolute atomic E-state index is 0. The second-order valence-corrected chi connectivity index (χ2v) is 4.26. The van der Waals surface area contributed by atoms with Crippen LogP contribution in [0.3, 0.4) is 0 Å². The third-order valence-electron chi connectivity index (χ3n) is 2.52. The van der Waals surface area contributed by atoms with Crippen molar-refractivity contribution in [2.24, 2.45) is 5.73 Å². The van der Waals surface area contributed by atoms with E-state index in [-0.39, 0.29) is 23.1 Å². The zero-order valence-corrected chi connectivity index (χ0v) is 11.3. The highest BCUT2D eigenvalue weighted by Crippen LogP contribution is 2.30. The molecule has 1 aromatic carbocycles. The number of nitrogens with one attached hydrogen (secondary N) is 1. The molecule has 0 aliphatic rings. The van der Waals surface area contributed by atoms with E-state index in [4.69, 9.17) is 17.3 Å². The maximum Gasteiger partial charge on any atom is 0.432 e. The van der Waals surface area contributed by atoms with Gasteiger partial charge in [-0.25, -0.2) is 4.39 Å². The summed E-state index contributed by atoms with van der Waals surface area (Å²) in [6.07, 6.45) is -4.52. The minimum Gasteiger partial charge on any atom is -0.319 e. The van der Waals surface area contributed by atoms with E-state index in [1.807, 2.05) is 5.10 Å². The predicted molar refractivity (Wildman–Crippen MR) is 68.3 cm³/mol. The molecule has 110 valence electrons. The molecule has 0 saturated heterocycles. The zero-order valence-electron chi connectivity index (χ0n) is 9.71. The van der Waals surface area contributed by atoms with Gasteiger partial charge in [-0.2, -0.15) is 18.3 Å². The number of halogens is 6. The first kappa shape index (κ1) is 16.7. The Bertz CT molecular complexity index is 598. The average Bonchev–Trinajstić information content (AvgIpc) is 2.81. The lowest BCUT2D eigenvalue weighted by Gasteiger charge is -2.09. The van der Waals surface area contributed by atoms with E-state index in [1.54, 1.807) is 0 Å².